The molecular formula is C18H28N2O. The molecule has 0 aliphatic heterocycles. The Labute approximate surface area is 128 Å². The summed E-state index contributed by atoms with van der Waals surface area (Å²) in [7, 11) is 0. The fraction of sp³-hybridized carbons (Fsp3) is 0.611. The van der Waals surface area contributed by atoms with Crippen LogP contribution >= 0.6 is 0 Å². The summed E-state index contributed by atoms with van der Waals surface area (Å²) >= 11 is 0. The average molecular weight is 288 g/mol. The molecule has 1 saturated carbocycles. The highest BCUT2D eigenvalue weighted by Gasteiger charge is 2.26. The number of carbonyl (C=O) groups is 1. The van der Waals surface area contributed by atoms with E-state index < -0.39 is 0 Å². The number of carbonyl (C=O) groups excluding carboxylic acids is 1. The van der Waals surface area contributed by atoms with Gasteiger partial charge >= 0.3 is 0 Å². The van der Waals surface area contributed by atoms with Crippen LogP contribution in [0.3, 0.4) is 0 Å². The predicted molar refractivity (Wildman–Crippen MR) is 87.0 cm³/mol. The van der Waals surface area contributed by atoms with Gasteiger partial charge in [-0.3, -0.25) is 4.79 Å². The number of hydrogen-bond donors (Lipinski definition) is 2. The molecule has 2 N–H and O–H groups in total. The molecule has 2 rings (SSSR count). The minimum absolute atomic E-state index is 0.0843. The van der Waals surface area contributed by atoms with Crippen LogP contribution in [-0.2, 0) is 11.3 Å². The van der Waals surface area contributed by atoms with E-state index in [-0.39, 0.29) is 5.91 Å². The Morgan fingerprint density at radius 2 is 1.90 bits per heavy atom. The summed E-state index contributed by atoms with van der Waals surface area (Å²) in [6, 6.07) is 8.76. The number of hydrogen-bond acceptors (Lipinski definition) is 2. The molecule has 0 bridgehead atoms. The Kier molecular flexibility index (Phi) is 5.80. The second kappa shape index (κ2) is 7.60. The van der Waals surface area contributed by atoms with Crippen LogP contribution in [0.2, 0.25) is 0 Å². The van der Waals surface area contributed by atoms with Crippen molar-refractivity contribution >= 4 is 5.91 Å². The van der Waals surface area contributed by atoms with Crippen LogP contribution in [0.1, 0.15) is 44.2 Å². The summed E-state index contributed by atoms with van der Waals surface area (Å²) in [4.78, 5) is 11.9. The smallest absolute Gasteiger partial charge is 0.234 e. The Bertz CT molecular complexity index is 455. The topological polar surface area (TPSA) is 41.1 Å². The molecule has 1 aliphatic carbocycles. The van der Waals surface area contributed by atoms with Crippen LogP contribution in [0.15, 0.2) is 24.3 Å². The summed E-state index contributed by atoms with van der Waals surface area (Å²) in [5.41, 5.74) is 2.39. The second-order valence-electron chi connectivity index (χ2n) is 6.52. The van der Waals surface area contributed by atoms with Crippen LogP contribution in [-0.4, -0.2) is 18.5 Å². The highest BCUT2D eigenvalue weighted by Crippen LogP contribution is 2.29. The van der Waals surface area contributed by atoms with Gasteiger partial charge in [0.2, 0.25) is 5.91 Å². The highest BCUT2D eigenvalue weighted by molar-refractivity contribution is 5.78. The lowest BCUT2D eigenvalue weighted by atomic mass is 9.78. The molecule has 1 aromatic rings. The number of rotatable bonds is 5. The van der Waals surface area contributed by atoms with Crippen LogP contribution in [0.4, 0.5) is 0 Å². The number of aryl methyl sites for hydroxylation is 1. The third kappa shape index (κ3) is 4.85. The Morgan fingerprint density at radius 3 is 2.62 bits per heavy atom. The lowest BCUT2D eigenvalue weighted by molar-refractivity contribution is -0.120. The molecule has 116 valence electrons. The van der Waals surface area contributed by atoms with Crippen molar-refractivity contribution in [3.63, 3.8) is 0 Å². The average Bonchev–Trinajstić information content (AvgIpc) is 2.48. The molecule has 0 saturated heterocycles. The standard InChI is InChI=1S/C18H28N2O/c1-13-7-9-16(10-8-13)11-20-18(21)12-19-17-6-4-5-14(2)15(17)3/h7-10,14-15,17,19H,4-6,11-12H2,1-3H3,(H,20,21). The van der Waals surface area contributed by atoms with E-state index in [1.807, 2.05) is 0 Å². The third-order valence-corrected chi connectivity index (χ3v) is 4.84. The largest absolute Gasteiger partial charge is 0.351 e. The van der Waals surface area contributed by atoms with E-state index >= 15 is 0 Å². The van der Waals surface area contributed by atoms with Crippen molar-refractivity contribution < 1.29 is 4.79 Å². The zero-order valence-electron chi connectivity index (χ0n) is 13.5. The van der Waals surface area contributed by atoms with Crippen molar-refractivity contribution in [1.29, 1.82) is 0 Å². The van der Waals surface area contributed by atoms with E-state index in [1.54, 1.807) is 0 Å². The molecule has 1 aromatic carbocycles. The van der Waals surface area contributed by atoms with E-state index in [1.165, 1.54) is 24.8 Å². The minimum atomic E-state index is 0.0843. The van der Waals surface area contributed by atoms with Gasteiger partial charge in [0.25, 0.3) is 0 Å². The Hall–Kier alpha value is -1.35. The van der Waals surface area contributed by atoms with Gasteiger partial charge in [-0.25, -0.2) is 0 Å². The Morgan fingerprint density at radius 1 is 1.19 bits per heavy atom. The van der Waals surface area contributed by atoms with E-state index in [4.69, 9.17) is 0 Å². The van der Waals surface area contributed by atoms with E-state index in [0.717, 1.165) is 11.5 Å². The van der Waals surface area contributed by atoms with Crippen molar-refractivity contribution in [2.75, 3.05) is 6.54 Å². The van der Waals surface area contributed by atoms with Gasteiger partial charge < -0.3 is 10.6 Å². The lowest BCUT2D eigenvalue weighted by Gasteiger charge is -2.34. The van der Waals surface area contributed by atoms with Gasteiger partial charge in [-0.1, -0.05) is 56.5 Å². The molecule has 3 nitrogen and oxygen atoms in total. The molecular weight excluding hydrogens is 260 g/mol. The fourth-order valence-corrected chi connectivity index (χ4v) is 3.06. The van der Waals surface area contributed by atoms with Crippen LogP contribution in [0, 0.1) is 18.8 Å². The highest BCUT2D eigenvalue weighted by atomic mass is 16.1. The SMILES string of the molecule is Cc1ccc(CNC(=O)CNC2CCCC(C)C2C)cc1. The van der Waals surface area contributed by atoms with Gasteiger partial charge in [0.1, 0.15) is 0 Å². The fourth-order valence-electron chi connectivity index (χ4n) is 3.06. The van der Waals surface area contributed by atoms with Crippen molar-refractivity contribution in [3.05, 3.63) is 35.4 Å². The van der Waals surface area contributed by atoms with Gasteiger partial charge in [0, 0.05) is 12.6 Å². The summed E-state index contributed by atoms with van der Waals surface area (Å²) in [5.74, 6) is 1.50. The zero-order chi connectivity index (χ0) is 15.2. The van der Waals surface area contributed by atoms with Gasteiger partial charge in [-0.15, -0.1) is 0 Å². The van der Waals surface area contributed by atoms with Crippen molar-refractivity contribution in [3.8, 4) is 0 Å². The third-order valence-electron chi connectivity index (χ3n) is 4.84. The molecule has 0 aromatic heterocycles. The molecule has 1 amide bonds. The van der Waals surface area contributed by atoms with Gasteiger partial charge in [-0.2, -0.15) is 0 Å². The number of nitrogens with one attached hydrogen (secondary N) is 2. The minimum Gasteiger partial charge on any atom is -0.351 e. The van der Waals surface area contributed by atoms with Gasteiger partial charge in [0.15, 0.2) is 0 Å². The number of benzene rings is 1. The van der Waals surface area contributed by atoms with Gasteiger partial charge in [-0.05, 0) is 30.7 Å². The van der Waals surface area contributed by atoms with Crippen LogP contribution in [0.25, 0.3) is 0 Å². The van der Waals surface area contributed by atoms with Crippen molar-refractivity contribution in [2.45, 2.75) is 52.6 Å². The summed E-state index contributed by atoms with van der Waals surface area (Å²) in [6.45, 7) is 7.71. The van der Waals surface area contributed by atoms with E-state index in [2.05, 4.69) is 55.7 Å². The summed E-state index contributed by atoms with van der Waals surface area (Å²) in [6.07, 6.45) is 3.78. The van der Waals surface area contributed by atoms with Crippen LogP contribution in [0.5, 0.6) is 0 Å². The molecule has 1 fully saturated rings. The quantitative estimate of drug-likeness (QED) is 0.874. The zero-order valence-corrected chi connectivity index (χ0v) is 13.5. The normalized spacial score (nSPS) is 25.6. The molecule has 1 aliphatic rings. The maximum absolute atomic E-state index is 11.9. The summed E-state index contributed by atoms with van der Waals surface area (Å²) < 4.78 is 0. The predicted octanol–water partition coefficient (Wildman–Crippen LogP) is 3.03. The van der Waals surface area contributed by atoms with Crippen molar-refractivity contribution in [1.82, 2.24) is 10.6 Å². The van der Waals surface area contributed by atoms with Gasteiger partial charge in [0.05, 0.1) is 6.54 Å². The summed E-state index contributed by atoms with van der Waals surface area (Å²) in [5, 5.41) is 6.42. The first-order chi connectivity index (χ1) is 10.1. The monoisotopic (exact) mass is 288 g/mol. The molecule has 3 unspecified atom stereocenters. The van der Waals surface area contributed by atoms with E-state index in [9.17, 15) is 4.79 Å². The first-order valence-corrected chi connectivity index (χ1v) is 8.12. The lowest BCUT2D eigenvalue weighted by Crippen LogP contribution is -2.45. The van der Waals surface area contributed by atoms with Crippen LogP contribution < -0.4 is 10.6 Å². The molecule has 3 heteroatoms. The molecule has 21 heavy (non-hydrogen) atoms. The Balaban J connectivity index is 1.71. The molecule has 0 radical (unpaired) electrons. The number of amides is 1. The maximum atomic E-state index is 11.9. The molecule has 3 atom stereocenters. The van der Waals surface area contributed by atoms with E-state index in [0.29, 0.717) is 25.0 Å². The van der Waals surface area contributed by atoms with Crippen molar-refractivity contribution in [2.24, 2.45) is 11.8 Å². The molecule has 0 spiro atoms. The molecule has 0 heterocycles. The maximum Gasteiger partial charge on any atom is 0.234 e. The first-order valence-electron chi connectivity index (χ1n) is 8.12. The second-order valence-corrected chi connectivity index (χ2v) is 6.52. The first kappa shape index (κ1) is 16.0.